The summed E-state index contributed by atoms with van der Waals surface area (Å²) in [4.78, 5) is 25.0. The first kappa shape index (κ1) is 21.3. The van der Waals surface area contributed by atoms with E-state index in [0.29, 0.717) is 19.6 Å². The topological polar surface area (TPSA) is 65.3 Å². The van der Waals surface area contributed by atoms with Crippen LogP contribution in [0.3, 0.4) is 0 Å². The van der Waals surface area contributed by atoms with Gasteiger partial charge in [0.2, 0.25) is 5.91 Å². The van der Waals surface area contributed by atoms with Crippen molar-refractivity contribution in [3.63, 3.8) is 0 Å². The van der Waals surface area contributed by atoms with Crippen molar-refractivity contribution in [2.45, 2.75) is 39.3 Å². The largest absolute Gasteiger partial charge is 0.481 e. The molecule has 1 amide bonds. The fourth-order valence-electron chi connectivity index (χ4n) is 3.45. The van der Waals surface area contributed by atoms with Crippen LogP contribution in [-0.2, 0) is 24.3 Å². The summed E-state index contributed by atoms with van der Waals surface area (Å²) in [6, 6.07) is 15.4. The van der Waals surface area contributed by atoms with E-state index in [1.807, 2.05) is 55.5 Å². The predicted octanol–water partition coefficient (Wildman–Crippen LogP) is 2.97. The first-order valence-electron chi connectivity index (χ1n) is 10.2. The van der Waals surface area contributed by atoms with Gasteiger partial charge in [-0.15, -0.1) is 6.42 Å². The average Bonchev–Trinajstić information content (AvgIpc) is 3.03. The molecule has 6 nitrogen and oxygen atoms in total. The summed E-state index contributed by atoms with van der Waals surface area (Å²) in [5.41, 5.74) is 2.83. The van der Waals surface area contributed by atoms with E-state index in [1.54, 1.807) is 9.13 Å². The number of hydrogen-bond acceptors (Lipinski definition) is 3. The zero-order chi connectivity index (χ0) is 21.3. The van der Waals surface area contributed by atoms with E-state index in [-0.39, 0.29) is 24.6 Å². The van der Waals surface area contributed by atoms with E-state index in [0.717, 1.165) is 35.2 Å². The highest BCUT2D eigenvalue weighted by atomic mass is 16.5. The number of aryl methyl sites for hydroxylation is 2. The van der Waals surface area contributed by atoms with Crippen molar-refractivity contribution in [1.82, 2.24) is 14.5 Å². The Kier molecular flexibility index (Phi) is 7.34. The average molecular weight is 405 g/mol. The number of rotatable bonds is 10. The van der Waals surface area contributed by atoms with Gasteiger partial charge < -0.3 is 10.1 Å². The molecule has 1 heterocycles. The molecular weight excluding hydrogens is 378 g/mol. The normalized spacial score (nSPS) is 10.7. The fourth-order valence-corrected chi connectivity index (χ4v) is 3.45. The molecule has 0 aliphatic carbocycles. The zero-order valence-corrected chi connectivity index (χ0v) is 17.3. The van der Waals surface area contributed by atoms with Crippen LogP contribution >= 0.6 is 0 Å². The van der Waals surface area contributed by atoms with Gasteiger partial charge in [0.15, 0.2) is 0 Å². The lowest BCUT2D eigenvalue weighted by molar-refractivity contribution is -0.121. The molecule has 0 unspecified atom stereocenters. The van der Waals surface area contributed by atoms with Crippen molar-refractivity contribution in [1.29, 1.82) is 0 Å². The number of terminal acetylenes is 1. The first-order valence-corrected chi connectivity index (χ1v) is 10.2. The lowest BCUT2D eigenvalue weighted by Gasteiger charge is -2.07. The molecule has 0 aliphatic heterocycles. The van der Waals surface area contributed by atoms with Crippen LogP contribution in [0, 0.1) is 12.3 Å². The number of ether oxygens (including phenoxy) is 1. The number of aromatic nitrogens is 2. The summed E-state index contributed by atoms with van der Waals surface area (Å²) < 4.78 is 8.82. The molecule has 3 aromatic rings. The van der Waals surface area contributed by atoms with E-state index in [1.165, 1.54) is 0 Å². The second-order valence-electron chi connectivity index (χ2n) is 7.06. The van der Waals surface area contributed by atoms with Crippen LogP contribution < -0.4 is 15.7 Å². The van der Waals surface area contributed by atoms with Gasteiger partial charge in [0.1, 0.15) is 12.4 Å². The van der Waals surface area contributed by atoms with Crippen molar-refractivity contribution in [3.05, 3.63) is 64.6 Å². The maximum Gasteiger partial charge on any atom is 0.329 e. The van der Waals surface area contributed by atoms with Gasteiger partial charge in [0.05, 0.1) is 11.0 Å². The number of nitrogens with one attached hydrogen (secondary N) is 1. The minimum absolute atomic E-state index is 0.0574. The molecule has 0 aliphatic rings. The number of hydrogen-bond donors (Lipinski definition) is 1. The summed E-state index contributed by atoms with van der Waals surface area (Å²) in [6.07, 6.45) is 7.04. The number of amides is 1. The molecule has 2 aromatic carbocycles. The molecule has 0 radical (unpaired) electrons. The van der Waals surface area contributed by atoms with Gasteiger partial charge >= 0.3 is 5.69 Å². The standard InChI is InChI=1S/C24H27N3O3/c1-3-16-26-21-7-5-6-8-22(21)27(24(26)29)17-14-23(28)25-15-13-19-9-11-20(12-10-19)30-18-4-2/h2,5-12H,3,13-18H2,1H3,(H,25,28). The number of para-hydroxylation sites is 2. The van der Waals surface area contributed by atoms with Gasteiger partial charge in [-0.25, -0.2) is 4.79 Å². The number of fused-ring (bicyclic) bond motifs is 1. The second kappa shape index (κ2) is 10.4. The molecule has 0 atom stereocenters. The molecule has 0 bridgehead atoms. The smallest absolute Gasteiger partial charge is 0.329 e. The Morgan fingerprint density at radius 2 is 1.73 bits per heavy atom. The second-order valence-corrected chi connectivity index (χ2v) is 7.06. The molecule has 1 aromatic heterocycles. The van der Waals surface area contributed by atoms with Crippen molar-refractivity contribution < 1.29 is 9.53 Å². The molecule has 3 rings (SSSR count). The summed E-state index contributed by atoms with van der Waals surface area (Å²) in [6.45, 7) is 3.86. The van der Waals surface area contributed by atoms with Crippen molar-refractivity contribution in [2.24, 2.45) is 0 Å². The Bertz CT molecular complexity index is 1090. The van der Waals surface area contributed by atoms with E-state index < -0.39 is 0 Å². The van der Waals surface area contributed by atoms with E-state index in [4.69, 9.17) is 11.2 Å². The van der Waals surface area contributed by atoms with Gasteiger partial charge in [-0.3, -0.25) is 13.9 Å². The van der Waals surface area contributed by atoms with Gasteiger partial charge in [0, 0.05) is 26.1 Å². The van der Waals surface area contributed by atoms with Gasteiger partial charge in [-0.2, -0.15) is 0 Å². The Morgan fingerprint density at radius 1 is 1.07 bits per heavy atom. The highest BCUT2D eigenvalue weighted by Gasteiger charge is 2.13. The Morgan fingerprint density at radius 3 is 2.37 bits per heavy atom. The zero-order valence-electron chi connectivity index (χ0n) is 17.3. The van der Waals surface area contributed by atoms with Crippen molar-refractivity contribution in [3.8, 4) is 18.1 Å². The van der Waals surface area contributed by atoms with Gasteiger partial charge in [-0.05, 0) is 42.7 Å². The van der Waals surface area contributed by atoms with Crippen molar-refractivity contribution >= 4 is 16.9 Å². The molecule has 0 saturated carbocycles. The van der Waals surface area contributed by atoms with E-state index in [2.05, 4.69) is 11.2 Å². The van der Waals surface area contributed by atoms with Crippen LogP contribution in [0.15, 0.2) is 53.3 Å². The maximum absolute atomic E-state index is 12.8. The molecule has 0 fully saturated rings. The van der Waals surface area contributed by atoms with Crippen LogP contribution in [-0.4, -0.2) is 28.2 Å². The number of carbonyl (C=O) groups is 1. The fraction of sp³-hybridized carbons (Fsp3) is 0.333. The van der Waals surface area contributed by atoms with Gasteiger partial charge in [-0.1, -0.05) is 37.1 Å². The maximum atomic E-state index is 12.8. The minimum atomic E-state index is -0.0665. The summed E-state index contributed by atoms with van der Waals surface area (Å²) in [7, 11) is 0. The van der Waals surface area contributed by atoms with Crippen LogP contribution in [0.5, 0.6) is 5.75 Å². The Hall–Kier alpha value is -3.46. The Labute approximate surface area is 176 Å². The third kappa shape index (κ3) is 5.12. The monoisotopic (exact) mass is 405 g/mol. The number of imidazole rings is 1. The lowest BCUT2D eigenvalue weighted by atomic mass is 10.1. The molecule has 1 N–H and O–H groups in total. The molecular formula is C24H27N3O3. The third-order valence-corrected chi connectivity index (χ3v) is 4.92. The molecule has 156 valence electrons. The molecule has 30 heavy (non-hydrogen) atoms. The van der Waals surface area contributed by atoms with Crippen LogP contribution in [0.25, 0.3) is 11.0 Å². The van der Waals surface area contributed by atoms with Gasteiger partial charge in [0.25, 0.3) is 0 Å². The van der Waals surface area contributed by atoms with E-state index >= 15 is 0 Å². The quantitative estimate of drug-likeness (QED) is 0.528. The minimum Gasteiger partial charge on any atom is -0.481 e. The lowest BCUT2D eigenvalue weighted by Crippen LogP contribution is -2.29. The summed E-state index contributed by atoms with van der Waals surface area (Å²) in [5, 5.41) is 2.93. The number of nitrogens with zero attached hydrogens (tertiary/aromatic N) is 2. The number of carbonyl (C=O) groups excluding carboxylic acids is 1. The molecule has 6 heteroatoms. The van der Waals surface area contributed by atoms with Crippen LogP contribution in [0.1, 0.15) is 25.3 Å². The molecule has 0 saturated heterocycles. The van der Waals surface area contributed by atoms with Crippen LogP contribution in [0.2, 0.25) is 0 Å². The highest BCUT2D eigenvalue weighted by molar-refractivity contribution is 5.78. The SMILES string of the molecule is C#CCOc1ccc(CCNC(=O)CCn2c(=O)n(CCC)c3ccccc32)cc1. The molecule has 0 spiro atoms. The van der Waals surface area contributed by atoms with Crippen molar-refractivity contribution in [2.75, 3.05) is 13.2 Å². The summed E-state index contributed by atoms with van der Waals surface area (Å²) >= 11 is 0. The highest BCUT2D eigenvalue weighted by Crippen LogP contribution is 2.14. The third-order valence-electron chi connectivity index (χ3n) is 4.92. The summed E-state index contributed by atoms with van der Waals surface area (Å²) in [5.74, 6) is 3.09. The Balaban J connectivity index is 1.52. The van der Waals surface area contributed by atoms with E-state index in [9.17, 15) is 9.59 Å². The first-order chi connectivity index (χ1) is 14.6. The predicted molar refractivity (Wildman–Crippen MR) is 119 cm³/mol. The van der Waals surface area contributed by atoms with Crippen LogP contribution in [0.4, 0.5) is 0 Å². The number of benzene rings is 2.